The average Bonchev–Trinajstić information content (AvgIpc) is 3.84. The second-order valence-electron chi connectivity index (χ2n) is 12.2. The third kappa shape index (κ3) is 12.7. The maximum Gasteiger partial charge on any atom is 0.434 e. The first kappa shape index (κ1) is 47.6. The van der Waals surface area contributed by atoms with Gasteiger partial charge in [0.2, 0.25) is 0 Å². The van der Waals surface area contributed by atoms with Crippen LogP contribution in [-0.4, -0.2) is 36.5 Å². The van der Waals surface area contributed by atoms with E-state index in [1.807, 2.05) is 0 Å². The lowest BCUT2D eigenvalue weighted by Crippen LogP contribution is -2.26. The van der Waals surface area contributed by atoms with Gasteiger partial charge in [-0.3, -0.25) is 4.79 Å². The summed E-state index contributed by atoms with van der Waals surface area (Å²) in [6, 6.07) is 20.1. The highest BCUT2D eigenvalue weighted by molar-refractivity contribution is 6.31. The van der Waals surface area contributed by atoms with E-state index in [0.29, 0.717) is 21.1 Å². The number of nitrogens with one attached hydrogen (secondary N) is 1. The van der Waals surface area contributed by atoms with Gasteiger partial charge in [0.1, 0.15) is 5.56 Å². The number of carbonyl (C=O) groups is 2. The molecule has 4 aromatic carbocycles. The summed E-state index contributed by atoms with van der Waals surface area (Å²) in [5.41, 5.74) is -0.141. The van der Waals surface area contributed by atoms with E-state index >= 15 is 0 Å². The molecule has 6 aromatic rings. The van der Waals surface area contributed by atoms with Gasteiger partial charge in [0.15, 0.2) is 11.4 Å². The Morgan fingerprint density at radius 3 is 1.41 bits per heavy atom. The molecule has 0 bridgehead atoms. The summed E-state index contributed by atoms with van der Waals surface area (Å²) >= 11 is 11.5. The van der Waals surface area contributed by atoms with Crippen molar-refractivity contribution in [1.29, 1.82) is 0 Å². The minimum absolute atomic E-state index is 0.00764. The van der Waals surface area contributed by atoms with E-state index in [2.05, 4.69) is 15.5 Å². The highest BCUT2D eigenvalue weighted by Crippen LogP contribution is 2.36. The van der Waals surface area contributed by atoms with Crippen molar-refractivity contribution in [1.82, 2.24) is 24.9 Å². The van der Waals surface area contributed by atoms with Gasteiger partial charge in [0.05, 0.1) is 40.5 Å². The van der Waals surface area contributed by atoms with Gasteiger partial charge in [-0.05, 0) is 65.7 Å². The third-order valence-corrected chi connectivity index (χ3v) is 8.32. The van der Waals surface area contributed by atoms with Gasteiger partial charge in [0, 0.05) is 23.1 Å². The fourth-order valence-electron chi connectivity index (χ4n) is 5.18. The molecule has 0 fully saturated rings. The number of nitrogens with two attached hydrogens (primary N) is 1. The number of carbonyl (C=O) groups excluding carboxylic acids is 1. The molecule has 0 aliphatic heterocycles. The van der Waals surface area contributed by atoms with Crippen molar-refractivity contribution in [2.24, 2.45) is 5.73 Å². The van der Waals surface area contributed by atoms with Crippen molar-refractivity contribution < 1.29 is 67.4 Å². The highest BCUT2D eigenvalue weighted by Gasteiger charge is 2.42. The number of hydrogen-bond acceptors (Lipinski definition) is 5. The van der Waals surface area contributed by atoms with Crippen LogP contribution in [0.4, 0.5) is 52.7 Å². The number of carboxylic acid groups (broad SMARTS) is 1. The summed E-state index contributed by atoms with van der Waals surface area (Å²) in [6.45, 7) is -0.272. The molecular formula is C38H26Cl2F12N6O3. The molecule has 2 aromatic heterocycles. The smallest absolute Gasteiger partial charge is 0.434 e. The fourth-order valence-corrected chi connectivity index (χ4v) is 5.55. The van der Waals surface area contributed by atoms with E-state index in [0.717, 1.165) is 36.5 Å². The van der Waals surface area contributed by atoms with Gasteiger partial charge in [0.25, 0.3) is 5.91 Å². The second kappa shape index (κ2) is 19.1. The van der Waals surface area contributed by atoms with Gasteiger partial charge in [-0.25, -0.2) is 14.2 Å². The summed E-state index contributed by atoms with van der Waals surface area (Å²) in [5.74, 6) is -2.83. The number of carboxylic acids is 1. The normalized spacial score (nSPS) is 11.9. The fraction of sp³-hybridized carbons (Fsp3) is 0.158. The summed E-state index contributed by atoms with van der Waals surface area (Å²) in [6.07, 6.45) is -17.2. The molecule has 4 N–H and O–H groups in total. The number of amides is 1. The van der Waals surface area contributed by atoms with Crippen molar-refractivity contribution >= 4 is 35.1 Å². The van der Waals surface area contributed by atoms with Gasteiger partial charge in [-0.2, -0.15) is 62.9 Å². The molecule has 2 heterocycles. The van der Waals surface area contributed by atoms with Crippen LogP contribution in [0.2, 0.25) is 10.0 Å². The Labute approximate surface area is 345 Å². The molecular weight excluding hydrogens is 887 g/mol. The molecule has 0 spiro atoms. The Morgan fingerprint density at radius 1 is 0.590 bits per heavy atom. The van der Waals surface area contributed by atoms with E-state index in [-0.39, 0.29) is 33.5 Å². The Balaban J connectivity index is 0.000000224. The van der Waals surface area contributed by atoms with Crippen molar-refractivity contribution in [2.75, 3.05) is 0 Å². The molecule has 0 saturated carbocycles. The first-order valence-electron chi connectivity index (χ1n) is 16.7. The molecule has 324 valence electrons. The molecule has 6 rings (SSSR count). The molecule has 0 atom stereocenters. The quantitative estimate of drug-likeness (QED) is 0.137. The van der Waals surface area contributed by atoms with E-state index in [4.69, 9.17) is 34.0 Å². The molecule has 1 amide bonds. The van der Waals surface area contributed by atoms with Crippen LogP contribution in [-0.2, 0) is 37.8 Å². The predicted molar refractivity (Wildman–Crippen MR) is 196 cm³/mol. The Hall–Kier alpha value is -6.06. The van der Waals surface area contributed by atoms with Crippen LogP contribution in [0.1, 0.15) is 54.4 Å². The lowest BCUT2D eigenvalue weighted by molar-refractivity contribution is -0.144. The van der Waals surface area contributed by atoms with Gasteiger partial charge < -0.3 is 16.2 Å². The van der Waals surface area contributed by atoms with Crippen LogP contribution in [0.3, 0.4) is 0 Å². The molecule has 61 heavy (non-hydrogen) atoms. The van der Waals surface area contributed by atoms with Crippen LogP contribution in [0.15, 0.2) is 109 Å². The molecule has 23 heteroatoms. The maximum absolute atomic E-state index is 13.6. The van der Waals surface area contributed by atoms with Gasteiger partial charge >= 0.3 is 30.7 Å². The first-order valence-corrected chi connectivity index (χ1v) is 17.4. The van der Waals surface area contributed by atoms with Crippen LogP contribution < -0.4 is 11.1 Å². The molecule has 0 radical (unpaired) electrons. The van der Waals surface area contributed by atoms with Crippen molar-refractivity contribution in [3.8, 4) is 11.4 Å². The standard InChI is InChI=1S/C19H12ClF6N3O.C11H6ClF3N2O2.C8H8F3N/c20-13-5-2-6-14(8-13)29-16(19(24,25)26)15(10-28-29)17(30)27-9-11-3-1-4-12(7-11)18(21,22)23;12-6-2-1-3-7(4-6)17-9(11(13,14)15)8(5-16-17)10(18)19;9-8(10,11)7-3-1-2-6(4-7)5-12/h1-8,10H,9H2,(H,27,30);1-5H,(H,18,19);1-4H,5,12H2. The topological polar surface area (TPSA) is 128 Å². The minimum atomic E-state index is -4.93. The van der Waals surface area contributed by atoms with E-state index in [1.54, 1.807) is 6.07 Å². The number of benzene rings is 4. The minimum Gasteiger partial charge on any atom is -0.478 e. The monoisotopic (exact) mass is 912 g/mol. The largest absolute Gasteiger partial charge is 0.478 e. The number of halogens is 14. The zero-order valence-corrected chi connectivity index (χ0v) is 31.7. The van der Waals surface area contributed by atoms with Gasteiger partial charge in [-0.1, -0.05) is 65.7 Å². The van der Waals surface area contributed by atoms with Crippen molar-refractivity contribution in [3.05, 3.63) is 164 Å². The third-order valence-electron chi connectivity index (χ3n) is 7.85. The van der Waals surface area contributed by atoms with Crippen molar-refractivity contribution in [2.45, 2.75) is 37.8 Å². The molecule has 0 unspecified atom stereocenters. The highest BCUT2D eigenvalue weighted by atomic mass is 35.5. The molecule has 0 aliphatic rings. The van der Waals surface area contributed by atoms with E-state index in [1.165, 1.54) is 60.7 Å². The van der Waals surface area contributed by atoms with E-state index < -0.39 is 76.8 Å². The molecule has 9 nitrogen and oxygen atoms in total. The van der Waals surface area contributed by atoms with Crippen LogP contribution in [0.25, 0.3) is 11.4 Å². The van der Waals surface area contributed by atoms with Crippen LogP contribution in [0, 0.1) is 0 Å². The predicted octanol–water partition coefficient (Wildman–Crippen LogP) is 10.9. The second-order valence-corrected chi connectivity index (χ2v) is 13.1. The number of aromatic carboxylic acids is 1. The number of rotatable bonds is 7. The summed E-state index contributed by atoms with van der Waals surface area (Å²) in [7, 11) is 0. The zero-order chi connectivity index (χ0) is 45.5. The van der Waals surface area contributed by atoms with Gasteiger partial charge in [-0.15, -0.1) is 0 Å². The molecule has 0 aliphatic carbocycles. The maximum atomic E-state index is 13.6. The number of alkyl halides is 12. The van der Waals surface area contributed by atoms with Crippen molar-refractivity contribution in [3.63, 3.8) is 0 Å². The Bertz CT molecular complexity index is 2480. The Morgan fingerprint density at radius 2 is 1.00 bits per heavy atom. The molecule has 0 saturated heterocycles. The Kier molecular flexibility index (Phi) is 14.9. The average molecular weight is 914 g/mol. The van der Waals surface area contributed by atoms with Crippen LogP contribution in [0.5, 0.6) is 0 Å². The summed E-state index contributed by atoms with van der Waals surface area (Å²) in [4.78, 5) is 23.2. The lowest BCUT2D eigenvalue weighted by atomic mass is 10.1. The first-order chi connectivity index (χ1) is 28.3. The number of hydrogen-bond donors (Lipinski definition) is 3. The summed E-state index contributed by atoms with van der Waals surface area (Å²) < 4.78 is 155. The number of aromatic nitrogens is 4. The summed E-state index contributed by atoms with van der Waals surface area (Å²) in [5, 5.41) is 18.5. The zero-order valence-electron chi connectivity index (χ0n) is 30.2. The lowest BCUT2D eigenvalue weighted by Gasteiger charge is -2.13. The van der Waals surface area contributed by atoms with E-state index in [9.17, 15) is 62.3 Å². The SMILES string of the molecule is NCc1cccc(C(F)(F)F)c1.O=C(NCc1cccc(C(F)(F)F)c1)c1cnn(-c2cccc(Cl)c2)c1C(F)(F)F.O=C(O)c1cnn(-c2cccc(Cl)c2)c1C(F)(F)F. The number of nitrogens with zero attached hydrogens (tertiary/aromatic N) is 4. The van der Waals surface area contributed by atoms with Crippen LogP contribution >= 0.6 is 23.2 Å².